The van der Waals surface area contributed by atoms with Gasteiger partial charge in [0.1, 0.15) is 17.2 Å². The van der Waals surface area contributed by atoms with E-state index in [0.717, 1.165) is 6.08 Å². The van der Waals surface area contributed by atoms with Crippen LogP contribution in [0.15, 0.2) is 85.5 Å². The van der Waals surface area contributed by atoms with E-state index >= 15 is 0 Å². The number of hydrogen-bond donors (Lipinski definition) is 1. The van der Waals surface area contributed by atoms with Crippen molar-refractivity contribution in [1.82, 2.24) is 0 Å². The Kier molecular flexibility index (Phi) is 10.6. The summed E-state index contributed by atoms with van der Waals surface area (Å²) in [6.45, 7) is 5.82. The summed E-state index contributed by atoms with van der Waals surface area (Å²) in [5, 5.41) is 2.53. The smallest absolute Gasteiger partial charge is 0.411 e. The van der Waals surface area contributed by atoms with E-state index in [2.05, 4.69) is 11.9 Å². The summed E-state index contributed by atoms with van der Waals surface area (Å²) >= 11 is 0. The lowest BCUT2D eigenvalue weighted by atomic mass is 10.2. The van der Waals surface area contributed by atoms with Gasteiger partial charge in [0.15, 0.2) is 0 Å². The van der Waals surface area contributed by atoms with E-state index in [0.29, 0.717) is 30.0 Å². The highest BCUT2D eigenvalue weighted by Crippen LogP contribution is 2.21. The molecule has 3 rings (SSSR count). The number of carbonyl (C=O) groups excluding carboxylic acids is 4. The van der Waals surface area contributed by atoms with Crippen LogP contribution in [0.4, 0.5) is 10.5 Å². The zero-order chi connectivity index (χ0) is 28.0. The monoisotopic (exact) mass is 533 g/mol. The normalized spacial score (nSPS) is 10.1. The lowest BCUT2D eigenvalue weighted by Gasteiger charge is -2.09. The van der Waals surface area contributed by atoms with Crippen LogP contribution in [0.5, 0.6) is 17.2 Å². The standard InChI is InChI=1S/C29H27NO9/c1-3-26(31)37-19-5-18-36-23-12-8-21(9-13-23)28(33)39-25-16-14-24(15-17-25)38-27(32)20-6-10-22(11-7-20)30-29(34)35-4-2/h3,6-17H,1,4-5,18-19H2,2H3,(H,30,34). The molecule has 10 heteroatoms. The Labute approximate surface area is 225 Å². The lowest BCUT2D eigenvalue weighted by molar-refractivity contribution is -0.137. The van der Waals surface area contributed by atoms with Crippen molar-refractivity contribution in [3.05, 3.63) is 96.6 Å². The van der Waals surface area contributed by atoms with Crippen LogP contribution in [-0.4, -0.2) is 43.8 Å². The summed E-state index contributed by atoms with van der Waals surface area (Å²) < 4.78 is 25.9. The fraction of sp³-hybridized carbons (Fsp3) is 0.172. The van der Waals surface area contributed by atoms with Crippen LogP contribution in [-0.2, 0) is 14.3 Å². The fourth-order valence-electron chi connectivity index (χ4n) is 3.05. The average Bonchev–Trinajstić information content (AvgIpc) is 2.94. The summed E-state index contributed by atoms with van der Waals surface area (Å²) in [7, 11) is 0. The maximum absolute atomic E-state index is 12.5. The van der Waals surface area contributed by atoms with Crippen molar-refractivity contribution in [3.8, 4) is 17.2 Å². The van der Waals surface area contributed by atoms with Crippen LogP contribution in [0.25, 0.3) is 0 Å². The molecule has 10 nitrogen and oxygen atoms in total. The van der Waals surface area contributed by atoms with Gasteiger partial charge in [-0.25, -0.2) is 19.2 Å². The first kappa shape index (κ1) is 28.5. The summed E-state index contributed by atoms with van der Waals surface area (Å²) in [6, 6.07) is 18.5. The van der Waals surface area contributed by atoms with Crippen molar-refractivity contribution < 1.29 is 42.9 Å². The van der Waals surface area contributed by atoms with E-state index < -0.39 is 24.0 Å². The molecule has 0 aromatic heterocycles. The Bertz CT molecular complexity index is 1280. The molecule has 3 aromatic carbocycles. The molecule has 0 fully saturated rings. The van der Waals surface area contributed by atoms with Crippen molar-refractivity contribution in [3.63, 3.8) is 0 Å². The van der Waals surface area contributed by atoms with Gasteiger partial charge in [-0.05, 0) is 79.7 Å². The van der Waals surface area contributed by atoms with Gasteiger partial charge in [0.25, 0.3) is 0 Å². The highest BCUT2D eigenvalue weighted by molar-refractivity contribution is 5.93. The molecule has 0 saturated heterocycles. The van der Waals surface area contributed by atoms with Crippen LogP contribution in [0.2, 0.25) is 0 Å². The minimum Gasteiger partial charge on any atom is -0.493 e. The van der Waals surface area contributed by atoms with E-state index in [1.165, 1.54) is 36.4 Å². The van der Waals surface area contributed by atoms with Crippen molar-refractivity contribution in [1.29, 1.82) is 0 Å². The summed E-state index contributed by atoms with van der Waals surface area (Å²) in [5.74, 6) is -0.570. The number of benzene rings is 3. The van der Waals surface area contributed by atoms with Gasteiger partial charge in [0, 0.05) is 18.2 Å². The Morgan fingerprint density at radius 2 is 1.23 bits per heavy atom. The first-order valence-electron chi connectivity index (χ1n) is 12.0. The number of esters is 3. The van der Waals surface area contributed by atoms with Gasteiger partial charge in [-0.2, -0.15) is 0 Å². The van der Waals surface area contributed by atoms with Crippen molar-refractivity contribution in [2.75, 3.05) is 25.1 Å². The van der Waals surface area contributed by atoms with Gasteiger partial charge >= 0.3 is 24.0 Å². The third kappa shape index (κ3) is 9.36. The number of amides is 1. The van der Waals surface area contributed by atoms with E-state index in [1.807, 2.05) is 0 Å². The molecule has 1 amide bonds. The van der Waals surface area contributed by atoms with Gasteiger partial charge in [-0.15, -0.1) is 0 Å². The maximum Gasteiger partial charge on any atom is 0.411 e. The summed E-state index contributed by atoms with van der Waals surface area (Å²) in [6.07, 6.45) is 1.02. The second kappa shape index (κ2) is 14.6. The highest BCUT2D eigenvalue weighted by Gasteiger charge is 2.12. The van der Waals surface area contributed by atoms with Crippen LogP contribution < -0.4 is 19.5 Å². The first-order valence-corrected chi connectivity index (χ1v) is 12.0. The molecular weight excluding hydrogens is 506 g/mol. The number of ether oxygens (including phenoxy) is 5. The lowest BCUT2D eigenvalue weighted by Crippen LogP contribution is -2.13. The zero-order valence-electron chi connectivity index (χ0n) is 21.2. The fourth-order valence-corrected chi connectivity index (χ4v) is 3.05. The molecular formula is C29H27NO9. The topological polar surface area (TPSA) is 126 Å². The summed E-state index contributed by atoms with van der Waals surface area (Å²) in [4.78, 5) is 47.3. The SMILES string of the molecule is C=CC(=O)OCCCOc1ccc(C(=O)Oc2ccc(OC(=O)c3ccc(NC(=O)OCC)cc3)cc2)cc1. The molecule has 0 aliphatic heterocycles. The molecule has 0 unspecified atom stereocenters. The van der Waals surface area contributed by atoms with Crippen molar-refractivity contribution >= 4 is 29.7 Å². The number of nitrogens with one attached hydrogen (secondary N) is 1. The zero-order valence-corrected chi connectivity index (χ0v) is 21.2. The third-order valence-electron chi connectivity index (χ3n) is 4.95. The summed E-state index contributed by atoms with van der Waals surface area (Å²) in [5.41, 5.74) is 1.07. The van der Waals surface area contributed by atoms with E-state index in [9.17, 15) is 19.2 Å². The molecule has 0 radical (unpaired) electrons. The van der Waals surface area contributed by atoms with E-state index in [-0.39, 0.29) is 30.3 Å². The number of carbonyl (C=O) groups is 4. The largest absolute Gasteiger partial charge is 0.493 e. The molecule has 0 aliphatic rings. The van der Waals surface area contributed by atoms with Gasteiger partial charge in [-0.1, -0.05) is 6.58 Å². The number of rotatable bonds is 12. The van der Waals surface area contributed by atoms with Crippen LogP contribution in [0.3, 0.4) is 0 Å². The van der Waals surface area contributed by atoms with Crippen LogP contribution >= 0.6 is 0 Å². The number of hydrogen-bond acceptors (Lipinski definition) is 9. The highest BCUT2D eigenvalue weighted by atomic mass is 16.6. The maximum atomic E-state index is 12.5. The molecule has 0 atom stereocenters. The molecule has 0 heterocycles. The predicted octanol–water partition coefficient (Wildman–Crippen LogP) is 5.19. The van der Waals surface area contributed by atoms with Gasteiger partial charge < -0.3 is 23.7 Å². The second-order valence-electron chi connectivity index (χ2n) is 7.77. The molecule has 0 aliphatic carbocycles. The molecule has 0 saturated carbocycles. The van der Waals surface area contributed by atoms with Crippen LogP contribution in [0.1, 0.15) is 34.1 Å². The molecule has 3 aromatic rings. The third-order valence-corrected chi connectivity index (χ3v) is 4.95. The molecule has 1 N–H and O–H groups in total. The average molecular weight is 534 g/mol. The van der Waals surface area contributed by atoms with Crippen molar-refractivity contribution in [2.24, 2.45) is 0 Å². The van der Waals surface area contributed by atoms with E-state index in [1.54, 1.807) is 43.3 Å². The Balaban J connectivity index is 1.45. The molecule has 0 bridgehead atoms. The molecule has 39 heavy (non-hydrogen) atoms. The van der Waals surface area contributed by atoms with Crippen molar-refractivity contribution in [2.45, 2.75) is 13.3 Å². The Hall–Kier alpha value is -5.12. The Morgan fingerprint density at radius 3 is 1.74 bits per heavy atom. The second-order valence-corrected chi connectivity index (χ2v) is 7.77. The van der Waals surface area contributed by atoms with E-state index in [4.69, 9.17) is 23.7 Å². The van der Waals surface area contributed by atoms with Gasteiger partial charge in [0.2, 0.25) is 0 Å². The first-order chi connectivity index (χ1) is 18.9. The number of anilines is 1. The predicted molar refractivity (Wildman–Crippen MR) is 141 cm³/mol. The Morgan fingerprint density at radius 1 is 0.718 bits per heavy atom. The van der Waals surface area contributed by atoms with Crippen LogP contribution in [0, 0.1) is 0 Å². The molecule has 0 spiro atoms. The quantitative estimate of drug-likeness (QED) is 0.145. The minimum absolute atomic E-state index is 0.219. The minimum atomic E-state index is -0.595. The van der Waals surface area contributed by atoms with Gasteiger partial charge in [-0.3, -0.25) is 5.32 Å². The molecule has 202 valence electrons. The van der Waals surface area contributed by atoms with Gasteiger partial charge in [0.05, 0.1) is 30.9 Å².